The average molecular weight is 441 g/mol. The summed E-state index contributed by atoms with van der Waals surface area (Å²) in [5.74, 6) is 0.905. The number of carboxylic acid groups (broad SMARTS) is 1. The molecule has 3 aliphatic rings. The van der Waals surface area contributed by atoms with E-state index in [0.717, 1.165) is 58.2 Å². The molecule has 7 heteroatoms. The monoisotopic (exact) mass is 440 g/mol. The molecule has 0 bridgehead atoms. The zero-order valence-electron chi connectivity index (χ0n) is 17.6. The number of nitrogens with zero attached hydrogens (tertiary/aromatic N) is 1. The Bertz CT molecular complexity index is 670. The molecule has 2 saturated carbocycles. The van der Waals surface area contributed by atoms with Gasteiger partial charge in [0, 0.05) is 19.1 Å². The average Bonchev–Trinajstić information content (AvgIpc) is 3.60. The van der Waals surface area contributed by atoms with Crippen molar-refractivity contribution in [1.82, 2.24) is 10.2 Å². The van der Waals surface area contributed by atoms with Crippen molar-refractivity contribution >= 4 is 17.7 Å². The number of nitrogens with one attached hydrogen (secondary N) is 1. The van der Waals surface area contributed by atoms with E-state index in [1.807, 2.05) is 0 Å². The number of hydrogen-bond acceptors (Lipinski definition) is 3. The van der Waals surface area contributed by atoms with Crippen LogP contribution in [0, 0.1) is 11.7 Å². The number of ether oxygens (including phenoxy) is 1. The Morgan fingerprint density at radius 1 is 1.13 bits per heavy atom. The lowest BCUT2D eigenvalue weighted by Gasteiger charge is -2.34. The van der Waals surface area contributed by atoms with Gasteiger partial charge in [0.15, 0.2) is 0 Å². The maximum absolute atomic E-state index is 13.1. The third-order valence-electron chi connectivity index (χ3n) is 6.10. The van der Waals surface area contributed by atoms with Gasteiger partial charge in [0.05, 0.1) is 5.02 Å². The van der Waals surface area contributed by atoms with Crippen LogP contribution in [0.1, 0.15) is 64.2 Å². The smallest absolute Gasteiger partial charge is 0.404 e. The molecule has 168 valence electrons. The Morgan fingerprint density at radius 2 is 1.80 bits per heavy atom. The summed E-state index contributed by atoms with van der Waals surface area (Å²) in [6, 6.07) is 4.38. The van der Waals surface area contributed by atoms with Gasteiger partial charge >= 0.3 is 6.09 Å². The summed E-state index contributed by atoms with van der Waals surface area (Å²) in [6.07, 6.45) is 10.9. The second-order valence-corrected chi connectivity index (χ2v) is 9.16. The molecule has 1 saturated heterocycles. The molecule has 1 aromatic rings. The van der Waals surface area contributed by atoms with E-state index in [9.17, 15) is 9.18 Å². The van der Waals surface area contributed by atoms with Gasteiger partial charge in [-0.05, 0) is 75.6 Å². The minimum absolute atomic E-state index is 0.127. The van der Waals surface area contributed by atoms with Gasteiger partial charge in [-0.1, -0.05) is 30.9 Å². The van der Waals surface area contributed by atoms with E-state index in [1.54, 1.807) is 6.07 Å². The summed E-state index contributed by atoms with van der Waals surface area (Å²) >= 11 is 6.04. The van der Waals surface area contributed by atoms with Crippen molar-refractivity contribution in [3.8, 4) is 5.75 Å². The van der Waals surface area contributed by atoms with Crippen molar-refractivity contribution < 1.29 is 19.0 Å². The van der Waals surface area contributed by atoms with E-state index in [4.69, 9.17) is 21.4 Å². The molecule has 2 aliphatic carbocycles. The molecule has 1 amide bonds. The number of piperidine rings is 1. The lowest BCUT2D eigenvalue weighted by molar-refractivity contribution is 0.0949. The molecular weight excluding hydrogens is 407 g/mol. The number of benzene rings is 1. The third-order valence-corrected chi connectivity index (χ3v) is 6.40. The van der Waals surface area contributed by atoms with Crippen LogP contribution < -0.4 is 10.1 Å². The van der Waals surface area contributed by atoms with Crippen molar-refractivity contribution in [1.29, 1.82) is 0 Å². The Kier molecular flexibility index (Phi) is 9.06. The van der Waals surface area contributed by atoms with Crippen LogP contribution in [0.25, 0.3) is 0 Å². The van der Waals surface area contributed by atoms with Gasteiger partial charge < -0.3 is 20.1 Å². The number of carbonyl (C=O) groups is 1. The molecule has 0 spiro atoms. The molecule has 1 aromatic carbocycles. The lowest BCUT2D eigenvalue weighted by atomic mass is 9.84. The summed E-state index contributed by atoms with van der Waals surface area (Å²) in [6.45, 7) is 3.09. The second-order valence-electron chi connectivity index (χ2n) is 8.75. The van der Waals surface area contributed by atoms with E-state index < -0.39 is 6.09 Å². The SMILES string of the molecule is C1CC1.O=C(O)N[C@H]1CC[C@H](CCN2CCC(Oc3ccc(F)cc3Cl)CC2)CC1. The van der Waals surface area contributed by atoms with Gasteiger partial charge in [0.2, 0.25) is 0 Å². The fourth-order valence-electron chi connectivity index (χ4n) is 4.14. The topological polar surface area (TPSA) is 61.8 Å². The molecule has 0 unspecified atom stereocenters. The number of halogens is 2. The highest BCUT2D eigenvalue weighted by Gasteiger charge is 2.25. The predicted molar refractivity (Wildman–Crippen MR) is 117 cm³/mol. The quantitative estimate of drug-likeness (QED) is 0.594. The molecule has 2 N–H and O–H groups in total. The molecule has 5 nitrogen and oxygen atoms in total. The van der Waals surface area contributed by atoms with Gasteiger partial charge in [0.1, 0.15) is 17.7 Å². The van der Waals surface area contributed by atoms with Crippen molar-refractivity contribution in [2.45, 2.75) is 76.4 Å². The van der Waals surface area contributed by atoms with E-state index in [1.165, 1.54) is 37.8 Å². The van der Waals surface area contributed by atoms with Crippen LogP contribution in [-0.2, 0) is 0 Å². The lowest BCUT2D eigenvalue weighted by Crippen LogP contribution is -2.40. The van der Waals surface area contributed by atoms with Crippen molar-refractivity contribution in [2.24, 2.45) is 5.92 Å². The minimum atomic E-state index is -0.912. The first-order chi connectivity index (χ1) is 14.5. The number of amides is 1. The van der Waals surface area contributed by atoms with Crippen LogP contribution in [-0.4, -0.2) is 47.9 Å². The third kappa shape index (κ3) is 8.31. The minimum Gasteiger partial charge on any atom is -0.489 e. The van der Waals surface area contributed by atoms with Gasteiger partial charge in [0.25, 0.3) is 0 Å². The first-order valence-corrected chi connectivity index (χ1v) is 11.7. The Morgan fingerprint density at radius 3 is 2.37 bits per heavy atom. The molecule has 0 aromatic heterocycles. The number of hydrogen-bond donors (Lipinski definition) is 2. The molecule has 0 atom stereocenters. The van der Waals surface area contributed by atoms with Crippen LogP contribution in [0.5, 0.6) is 5.75 Å². The molecule has 30 heavy (non-hydrogen) atoms. The summed E-state index contributed by atoms with van der Waals surface area (Å²) in [7, 11) is 0. The van der Waals surface area contributed by atoms with Gasteiger partial charge in [-0.25, -0.2) is 9.18 Å². The molecule has 4 rings (SSSR count). The van der Waals surface area contributed by atoms with E-state index in [-0.39, 0.29) is 18.0 Å². The largest absolute Gasteiger partial charge is 0.489 e. The highest BCUT2D eigenvalue weighted by Crippen LogP contribution is 2.29. The van der Waals surface area contributed by atoms with E-state index in [0.29, 0.717) is 16.7 Å². The molecule has 0 radical (unpaired) electrons. The van der Waals surface area contributed by atoms with Crippen LogP contribution in [0.15, 0.2) is 18.2 Å². The molecule has 1 heterocycles. The highest BCUT2D eigenvalue weighted by molar-refractivity contribution is 6.32. The zero-order chi connectivity index (χ0) is 21.3. The Labute approximate surface area is 183 Å². The van der Waals surface area contributed by atoms with Crippen LogP contribution in [0.3, 0.4) is 0 Å². The van der Waals surface area contributed by atoms with Gasteiger partial charge in [-0.15, -0.1) is 0 Å². The van der Waals surface area contributed by atoms with Crippen molar-refractivity contribution in [3.63, 3.8) is 0 Å². The fraction of sp³-hybridized carbons (Fsp3) is 0.696. The standard InChI is InChI=1S/C20H28ClFN2O3.C3H6/c21-18-13-15(22)3-6-19(18)27-17-8-11-24(12-9-17)10-7-14-1-4-16(5-2-14)23-20(25)26;1-2-3-1/h3,6,13-14,16-17,23H,1-2,4-5,7-12H2,(H,25,26);1-3H2/t14-,16-;. The highest BCUT2D eigenvalue weighted by atomic mass is 35.5. The first kappa shape index (κ1) is 23.1. The van der Waals surface area contributed by atoms with Crippen molar-refractivity contribution in [2.75, 3.05) is 19.6 Å². The predicted octanol–water partition coefficient (Wildman–Crippen LogP) is 5.71. The Balaban J connectivity index is 0.000000782. The molecule has 3 fully saturated rings. The van der Waals surface area contributed by atoms with Gasteiger partial charge in [-0.2, -0.15) is 0 Å². The number of rotatable bonds is 6. The fourth-order valence-corrected chi connectivity index (χ4v) is 4.35. The summed E-state index contributed by atoms with van der Waals surface area (Å²) in [4.78, 5) is 13.2. The normalized spacial score (nSPS) is 24.5. The van der Waals surface area contributed by atoms with Crippen LogP contribution >= 0.6 is 11.6 Å². The molecule has 1 aliphatic heterocycles. The van der Waals surface area contributed by atoms with E-state index >= 15 is 0 Å². The first-order valence-electron chi connectivity index (χ1n) is 11.3. The molecular formula is C23H34ClFN2O3. The maximum atomic E-state index is 13.1. The Hall–Kier alpha value is -1.53. The summed E-state index contributed by atoms with van der Waals surface area (Å²) in [5.41, 5.74) is 0. The zero-order valence-corrected chi connectivity index (χ0v) is 18.4. The number of likely N-dealkylation sites (tertiary alicyclic amines) is 1. The van der Waals surface area contributed by atoms with Crippen LogP contribution in [0.4, 0.5) is 9.18 Å². The van der Waals surface area contributed by atoms with Crippen LogP contribution in [0.2, 0.25) is 5.02 Å². The maximum Gasteiger partial charge on any atom is 0.404 e. The summed E-state index contributed by atoms with van der Waals surface area (Å²) in [5, 5.41) is 11.7. The summed E-state index contributed by atoms with van der Waals surface area (Å²) < 4.78 is 19.1. The second kappa shape index (κ2) is 11.8. The van der Waals surface area contributed by atoms with Crippen molar-refractivity contribution in [3.05, 3.63) is 29.0 Å². The van der Waals surface area contributed by atoms with E-state index in [2.05, 4.69) is 10.2 Å². The van der Waals surface area contributed by atoms with Gasteiger partial charge in [-0.3, -0.25) is 0 Å².